The summed E-state index contributed by atoms with van der Waals surface area (Å²) in [4.78, 5) is 27.6. The standard InChI is InChI=1S/C23H26F3N3O2/c1-27-21(30)18-10-8-17(9-11-18)12-28(2)22(31)19-14-29(15-20(19)23(24,25)26)13-16-6-4-3-5-7-16/h3-11,19-20H,12-15H2,1-2H3,(H,27,30)/t19-,20+/m0/s1. The molecule has 0 unspecified atom stereocenters. The number of hydrogen-bond donors (Lipinski definition) is 1. The third-order valence-electron chi connectivity index (χ3n) is 5.62. The van der Waals surface area contributed by atoms with Crippen LogP contribution in [-0.4, -0.2) is 55.0 Å². The van der Waals surface area contributed by atoms with E-state index in [9.17, 15) is 22.8 Å². The minimum absolute atomic E-state index is 0.0673. The number of halogens is 3. The summed E-state index contributed by atoms with van der Waals surface area (Å²) in [5.74, 6) is -3.58. The van der Waals surface area contributed by atoms with Gasteiger partial charge in [0.15, 0.2) is 0 Å². The lowest BCUT2D eigenvalue weighted by molar-refractivity contribution is -0.185. The summed E-state index contributed by atoms with van der Waals surface area (Å²) in [6.07, 6.45) is -4.44. The van der Waals surface area contributed by atoms with E-state index in [1.165, 1.54) is 19.0 Å². The molecule has 2 aromatic rings. The molecule has 5 nitrogen and oxygen atoms in total. The van der Waals surface area contributed by atoms with Gasteiger partial charge in [0.25, 0.3) is 5.91 Å². The maximum Gasteiger partial charge on any atom is 0.393 e. The number of likely N-dealkylation sites (tertiary alicyclic amines) is 1. The predicted octanol–water partition coefficient (Wildman–Crippen LogP) is 3.32. The smallest absolute Gasteiger partial charge is 0.355 e. The molecule has 2 aromatic carbocycles. The number of alkyl halides is 3. The van der Waals surface area contributed by atoms with Gasteiger partial charge in [0.2, 0.25) is 5.91 Å². The monoisotopic (exact) mass is 433 g/mol. The molecule has 0 aliphatic carbocycles. The van der Waals surface area contributed by atoms with Gasteiger partial charge < -0.3 is 10.2 Å². The summed E-state index contributed by atoms with van der Waals surface area (Å²) in [6, 6.07) is 15.9. The van der Waals surface area contributed by atoms with Crippen LogP contribution in [0, 0.1) is 11.8 Å². The summed E-state index contributed by atoms with van der Waals surface area (Å²) < 4.78 is 41.1. The average Bonchev–Trinajstić information content (AvgIpc) is 3.18. The maximum atomic E-state index is 13.7. The van der Waals surface area contributed by atoms with Crippen molar-refractivity contribution < 1.29 is 22.8 Å². The number of carbonyl (C=O) groups excluding carboxylic acids is 2. The van der Waals surface area contributed by atoms with Crippen LogP contribution in [0.1, 0.15) is 21.5 Å². The molecule has 1 aliphatic rings. The molecule has 1 saturated heterocycles. The molecule has 2 amide bonds. The molecular formula is C23H26F3N3O2. The minimum Gasteiger partial charge on any atom is -0.355 e. The minimum atomic E-state index is -4.44. The second-order valence-electron chi connectivity index (χ2n) is 7.90. The number of benzene rings is 2. The van der Waals surface area contributed by atoms with Crippen molar-refractivity contribution >= 4 is 11.8 Å². The molecule has 1 aliphatic heterocycles. The molecule has 1 N–H and O–H groups in total. The van der Waals surface area contributed by atoms with E-state index >= 15 is 0 Å². The van der Waals surface area contributed by atoms with Crippen LogP contribution in [0.5, 0.6) is 0 Å². The predicted molar refractivity (Wildman–Crippen MR) is 111 cm³/mol. The lowest BCUT2D eigenvalue weighted by Gasteiger charge is -2.26. The maximum absolute atomic E-state index is 13.7. The SMILES string of the molecule is CNC(=O)c1ccc(CN(C)C(=O)[C@H]2CN(Cc3ccccc3)C[C@H]2C(F)(F)F)cc1. The number of carbonyl (C=O) groups is 2. The highest BCUT2D eigenvalue weighted by molar-refractivity contribution is 5.93. The van der Waals surface area contributed by atoms with Crippen molar-refractivity contribution in [3.05, 3.63) is 71.3 Å². The Labute approximate surface area is 179 Å². The van der Waals surface area contributed by atoms with E-state index in [2.05, 4.69) is 5.32 Å². The fraction of sp³-hybridized carbons (Fsp3) is 0.391. The van der Waals surface area contributed by atoms with E-state index in [4.69, 9.17) is 0 Å². The fourth-order valence-corrected chi connectivity index (χ4v) is 3.98. The Morgan fingerprint density at radius 2 is 1.68 bits per heavy atom. The molecular weight excluding hydrogens is 407 g/mol. The van der Waals surface area contributed by atoms with Gasteiger partial charge in [-0.15, -0.1) is 0 Å². The van der Waals surface area contributed by atoms with Gasteiger partial charge in [-0.3, -0.25) is 14.5 Å². The van der Waals surface area contributed by atoms with Gasteiger partial charge in [-0.1, -0.05) is 42.5 Å². The first-order valence-electron chi connectivity index (χ1n) is 10.1. The van der Waals surface area contributed by atoms with Gasteiger partial charge in [0, 0.05) is 45.8 Å². The topological polar surface area (TPSA) is 52.7 Å². The Hall–Kier alpha value is -2.87. The van der Waals surface area contributed by atoms with Crippen molar-refractivity contribution in [2.45, 2.75) is 19.3 Å². The fourth-order valence-electron chi connectivity index (χ4n) is 3.98. The first kappa shape index (κ1) is 22.8. The first-order chi connectivity index (χ1) is 14.7. The van der Waals surface area contributed by atoms with Crippen molar-refractivity contribution in [3.63, 3.8) is 0 Å². The molecule has 0 radical (unpaired) electrons. The van der Waals surface area contributed by atoms with E-state index in [-0.39, 0.29) is 25.5 Å². The molecule has 8 heteroatoms. The second kappa shape index (κ2) is 9.51. The van der Waals surface area contributed by atoms with Crippen LogP contribution in [0.4, 0.5) is 13.2 Å². The van der Waals surface area contributed by atoms with Crippen LogP contribution in [0.3, 0.4) is 0 Å². The second-order valence-corrected chi connectivity index (χ2v) is 7.90. The van der Waals surface area contributed by atoms with Crippen molar-refractivity contribution in [1.82, 2.24) is 15.1 Å². The molecule has 3 rings (SSSR count). The van der Waals surface area contributed by atoms with Crippen molar-refractivity contribution in [2.24, 2.45) is 11.8 Å². The van der Waals surface area contributed by atoms with Gasteiger partial charge >= 0.3 is 6.18 Å². The lowest BCUT2D eigenvalue weighted by atomic mass is 9.94. The van der Waals surface area contributed by atoms with E-state index < -0.39 is 23.9 Å². The molecule has 0 spiro atoms. The normalized spacial score (nSPS) is 19.3. The highest BCUT2D eigenvalue weighted by Gasteiger charge is 2.52. The van der Waals surface area contributed by atoms with Gasteiger partial charge in [-0.25, -0.2) is 0 Å². The molecule has 0 saturated carbocycles. The number of rotatable bonds is 6. The Balaban J connectivity index is 1.69. The zero-order chi connectivity index (χ0) is 22.6. The van der Waals surface area contributed by atoms with Crippen molar-refractivity contribution in [3.8, 4) is 0 Å². The molecule has 31 heavy (non-hydrogen) atoms. The molecule has 166 valence electrons. The number of nitrogens with one attached hydrogen (secondary N) is 1. The molecule has 0 bridgehead atoms. The lowest BCUT2D eigenvalue weighted by Crippen LogP contribution is -2.40. The zero-order valence-electron chi connectivity index (χ0n) is 17.5. The Morgan fingerprint density at radius 3 is 2.26 bits per heavy atom. The molecule has 1 heterocycles. The summed E-state index contributed by atoms with van der Waals surface area (Å²) in [7, 11) is 3.05. The third kappa shape index (κ3) is 5.64. The third-order valence-corrected chi connectivity index (χ3v) is 5.62. The highest BCUT2D eigenvalue weighted by Crippen LogP contribution is 2.39. The zero-order valence-corrected chi connectivity index (χ0v) is 17.5. The number of hydrogen-bond acceptors (Lipinski definition) is 3. The van der Waals surface area contributed by atoms with Gasteiger partial charge in [-0.05, 0) is 23.3 Å². The molecule has 2 atom stereocenters. The van der Waals surface area contributed by atoms with E-state index in [0.717, 1.165) is 11.1 Å². The summed E-state index contributed by atoms with van der Waals surface area (Å²) in [6.45, 7) is 0.426. The highest BCUT2D eigenvalue weighted by atomic mass is 19.4. The van der Waals surface area contributed by atoms with E-state index in [1.54, 1.807) is 29.2 Å². The van der Waals surface area contributed by atoms with Crippen LogP contribution < -0.4 is 5.32 Å². The van der Waals surface area contributed by atoms with Gasteiger partial charge in [-0.2, -0.15) is 13.2 Å². The first-order valence-corrected chi connectivity index (χ1v) is 10.1. The summed E-state index contributed by atoms with van der Waals surface area (Å²) >= 11 is 0. The van der Waals surface area contributed by atoms with Crippen LogP contribution in [-0.2, 0) is 17.9 Å². The largest absolute Gasteiger partial charge is 0.393 e. The average molecular weight is 433 g/mol. The molecule has 1 fully saturated rings. The van der Waals surface area contributed by atoms with Gasteiger partial charge in [0.1, 0.15) is 0 Å². The van der Waals surface area contributed by atoms with Crippen LogP contribution in [0.15, 0.2) is 54.6 Å². The Morgan fingerprint density at radius 1 is 1.03 bits per heavy atom. The van der Waals surface area contributed by atoms with Crippen LogP contribution >= 0.6 is 0 Å². The summed E-state index contributed by atoms with van der Waals surface area (Å²) in [5.41, 5.74) is 2.14. The van der Waals surface area contributed by atoms with Crippen molar-refractivity contribution in [1.29, 1.82) is 0 Å². The van der Waals surface area contributed by atoms with Gasteiger partial charge in [0.05, 0.1) is 11.8 Å². The van der Waals surface area contributed by atoms with E-state index in [0.29, 0.717) is 12.1 Å². The van der Waals surface area contributed by atoms with Crippen LogP contribution in [0.2, 0.25) is 0 Å². The number of amides is 2. The van der Waals surface area contributed by atoms with Crippen molar-refractivity contribution in [2.75, 3.05) is 27.2 Å². The number of nitrogens with zero attached hydrogens (tertiary/aromatic N) is 2. The quantitative estimate of drug-likeness (QED) is 0.761. The summed E-state index contributed by atoms with van der Waals surface area (Å²) in [5, 5.41) is 2.52. The molecule has 0 aromatic heterocycles. The Bertz CT molecular complexity index is 901. The van der Waals surface area contributed by atoms with E-state index in [1.807, 2.05) is 30.3 Å². The Kier molecular flexibility index (Phi) is 7.00. The van der Waals surface area contributed by atoms with Crippen LogP contribution in [0.25, 0.3) is 0 Å².